The zero-order valence-corrected chi connectivity index (χ0v) is 10.4. The molecule has 0 aliphatic carbocycles. The van der Waals surface area contributed by atoms with Crippen LogP contribution in [0.3, 0.4) is 0 Å². The summed E-state index contributed by atoms with van der Waals surface area (Å²) in [4.78, 5) is 11.1. The van der Waals surface area contributed by atoms with E-state index in [0.29, 0.717) is 0 Å². The van der Waals surface area contributed by atoms with Gasteiger partial charge in [-0.3, -0.25) is 0 Å². The minimum Gasteiger partial charge on any atom is -0.508 e. The van der Waals surface area contributed by atoms with Gasteiger partial charge in [-0.05, 0) is 24.3 Å². The van der Waals surface area contributed by atoms with Crippen molar-refractivity contribution in [2.45, 2.75) is 0 Å². The lowest BCUT2D eigenvalue weighted by atomic mass is 10.1. The Kier molecular flexibility index (Phi) is 3.61. The van der Waals surface area contributed by atoms with Crippen LogP contribution in [-0.4, -0.2) is 31.5 Å². The fourth-order valence-electron chi connectivity index (χ4n) is 1.53. The van der Waals surface area contributed by atoms with E-state index in [1.165, 1.54) is 24.3 Å². The van der Waals surface area contributed by atoms with Crippen molar-refractivity contribution in [3.05, 3.63) is 35.9 Å². The van der Waals surface area contributed by atoms with E-state index < -0.39 is 34.5 Å². The SMILES string of the molecule is O=C(O)c1cc(O)c(O)c(O)c1/N=N/c1ccc(O)cc1. The van der Waals surface area contributed by atoms with Crippen LogP contribution in [0.25, 0.3) is 0 Å². The lowest BCUT2D eigenvalue weighted by Gasteiger charge is -2.06. The van der Waals surface area contributed by atoms with Crippen molar-refractivity contribution in [3.63, 3.8) is 0 Å². The summed E-state index contributed by atoms with van der Waals surface area (Å²) in [6.07, 6.45) is 0. The van der Waals surface area contributed by atoms with Crippen molar-refractivity contribution in [1.29, 1.82) is 0 Å². The number of nitrogens with zero attached hydrogens (tertiary/aromatic N) is 2. The molecule has 0 saturated heterocycles. The second kappa shape index (κ2) is 5.37. The minimum absolute atomic E-state index is 0.0188. The third kappa shape index (κ3) is 2.84. The van der Waals surface area contributed by atoms with Crippen LogP contribution in [0, 0.1) is 0 Å². The van der Waals surface area contributed by atoms with E-state index in [-0.39, 0.29) is 11.4 Å². The van der Waals surface area contributed by atoms with Crippen LogP contribution in [0.4, 0.5) is 11.4 Å². The molecule has 0 radical (unpaired) electrons. The van der Waals surface area contributed by atoms with Gasteiger partial charge in [0.05, 0.1) is 11.3 Å². The Balaban J connectivity index is 2.50. The lowest BCUT2D eigenvalue weighted by Crippen LogP contribution is -1.96. The van der Waals surface area contributed by atoms with Crippen molar-refractivity contribution < 1.29 is 30.3 Å². The van der Waals surface area contributed by atoms with Crippen LogP contribution < -0.4 is 0 Å². The number of rotatable bonds is 3. The molecule has 0 bridgehead atoms. The highest BCUT2D eigenvalue weighted by molar-refractivity contribution is 5.96. The van der Waals surface area contributed by atoms with Gasteiger partial charge in [0.1, 0.15) is 11.4 Å². The fourth-order valence-corrected chi connectivity index (χ4v) is 1.53. The summed E-state index contributed by atoms with van der Waals surface area (Å²) in [5.41, 5.74) is -0.729. The van der Waals surface area contributed by atoms with Gasteiger partial charge in [0, 0.05) is 6.07 Å². The quantitative estimate of drug-likeness (QED) is 0.434. The molecule has 0 spiro atoms. The first-order valence-corrected chi connectivity index (χ1v) is 5.62. The van der Waals surface area contributed by atoms with Gasteiger partial charge in [-0.15, -0.1) is 5.11 Å². The third-order valence-corrected chi connectivity index (χ3v) is 2.57. The fraction of sp³-hybridized carbons (Fsp3) is 0. The molecule has 0 aromatic heterocycles. The van der Waals surface area contributed by atoms with Crippen LogP contribution in [0.1, 0.15) is 10.4 Å². The first kappa shape index (κ1) is 14.1. The topological polar surface area (TPSA) is 143 Å². The van der Waals surface area contributed by atoms with Crippen molar-refractivity contribution in [2.75, 3.05) is 0 Å². The molecule has 8 heteroatoms. The number of carboxylic acid groups (broad SMARTS) is 1. The maximum atomic E-state index is 11.1. The number of azo groups is 1. The summed E-state index contributed by atoms with van der Waals surface area (Å²) < 4.78 is 0. The average molecular weight is 290 g/mol. The molecule has 5 N–H and O–H groups in total. The second-order valence-corrected chi connectivity index (χ2v) is 4.01. The van der Waals surface area contributed by atoms with E-state index in [1.807, 2.05) is 0 Å². The number of carbonyl (C=O) groups is 1. The Morgan fingerprint density at radius 3 is 2.10 bits per heavy atom. The molecule has 108 valence electrons. The molecule has 2 aromatic carbocycles. The monoisotopic (exact) mass is 290 g/mol. The Morgan fingerprint density at radius 2 is 1.52 bits per heavy atom. The van der Waals surface area contributed by atoms with Crippen LogP contribution >= 0.6 is 0 Å². The molecule has 0 fully saturated rings. The summed E-state index contributed by atoms with van der Waals surface area (Å²) in [5.74, 6) is -4.01. The van der Waals surface area contributed by atoms with Gasteiger partial charge in [0.15, 0.2) is 11.5 Å². The largest absolute Gasteiger partial charge is 0.508 e. The zero-order valence-electron chi connectivity index (χ0n) is 10.4. The van der Waals surface area contributed by atoms with E-state index in [9.17, 15) is 20.1 Å². The number of aromatic hydroxyl groups is 4. The number of phenolic OH excluding ortho intramolecular Hbond substituents is 4. The molecule has 8 nitrogen and oxygen atoms in total. The molecule has 0 aliphatic rings. The molecular formula is C13H10N2O6. The van der Waals surface area contributed by atoms with E-state index in [2.05, 4.69) is 10.2 Å². The maximum Gasteiger partial charge on any atom is 0.338 e. The van der Waals surface area contributed by atoms with Gasteiger partial charge >= 0.3 is 5.97 Å². The first-order chi connectivity index (χ1) is 9.90. The maximum absolute atomic E-state index is 11.1. The molecular weight excluding hydrogens is 280 g/mol. The number of benzene rings is 2. The van der Waals surface area contributed by atoms with Gasteiger partial charge in [-0.2, -0.15) is 5.11 Å². The van der Waals surface area contributed by atoms with Gasteiger partial charge in [-0.1, -0.05) is 0 Å². The van der Waals surface area contributed by atoms with Gasteiger partial charge in [0.2, 0.25) is 5.75 Å². The van der Waals surface area contributed by atoms with Crippen molar-refractivity contribution in [3.8, 4) is 23.0 Å². The Labute approximate surface area is 117 Å². The number of aromatic carboxylic acids is 1. The smallest absolute Gasteiger partial charge is 0.338 e. The van der Waals surface area contributed by atoms with Crippen LogP contribution in [0.5, 0.6) is 23.0 Å². The molecule has 0 amide bonds. The van der Waals surface area contributed by atoms with Gasteiger partial charge in [0.25, 0.3) is 0 Å². The lowest BCUT2D eigenvalue weighted by molar-refractivity contribution is 0.0697. The molecule has 0 heterocycles. The van der Waals surface area contributed by atoms with E-state index >= 15 is 0 Å². The molecule has 0 saturated carbocycles. The highest BCUT2D eigenvalue weighted by Gasteiger charge is 2.21. The van der Waals surface area contributed by atoms with E-state index in [4.69, 9.17) is 10.2 Å². The molecule has 2 aromatic rings. The average Bonchev–Trinajstić information content (AvgIpc) is 2.45. The standard InChI is InChI=1S/C13H10N2O6/c16-7-3-1-6(2-4-7)14-15-10-8(13(20)21)5-9(17)11(18)12(10)19/h1-5,16-19H,(H,20,21)/b15-14+. The highest BCUT2D eigenvalue weighted by atomic mass is 16.4. The van der Waals surface area contributed by atoms with Crippen molar-refractivity contribution >= 4 is 17.3 Å². The van der Waals surface area contributed by atoms with E-state index in [1.54, 1.807) is 0 Å². The van der Waals surface area contributed by atoms with Gasteiger partial charge in [-0.25, -0.2) is 4.79 Å². The number of hydrogen-bond donors (Lipinski definition) is 5. The molecule has 21 heavy (non-hydrogen) atoms. The van der Waals surface area contributed by atoms with Crippen LogP contribution in [-0.2, 0) is 0 Å². The Morgan fingerprint density at radius 1 is 0.905 bits per heavy atom. The first-order valence-electron chi connectivity index (χ1n) is 5.62. The summed E-state index contributed by atoms with van der Waals surface area (Å²) >= 11 is 0. The zero-order chi connectivity index (χ0) is 15.6. The van der Waals surface area contributed by atoms with Crippen LogP contribution in [0.15, 0.2) is 40.6 Å². The number of hydrogen-bond acceptors (Lipinski definition) is 7. The number of phenols is 4. The number of carboxylic acids is 1. The van der Waals surface area contributed by atoms with Crippen LogP contribution in [0.2, 0.25) is 0 Å². The third-order valence-electron chi connectivity index (χ3n) is 2.57. The normalized spacial score (nSPS) is 10.9. The Bertz CT molecular complexity index is 724. The second-order valence-electron chi connectivity index (χ2n) is 4.01. The molecule has 2 rings (SSSR count). The predicted octanol–water partition coefficient (Wildman–Crippen LogP) is 2.62. The van der Waals surface area contributed by atoms with Crippen molar-refractivity contribution in [1.82, 2.24) is 0 Å². The van der Waals surface area contributed by atoms with E-state index in [0.717, 1.165) is 6.07 Å². The summed E-state index contributed by atoms with van der Waals surface area (Å²) in [7, 11) is 0. The molecule has 0 unspecified atom stereocenters. The summed E-state index contributed by atoms with van der Waals surface area (Å²) in [5, 5.41) is 53.7. The van der Waals surface area contributed by atoms with Crippen molar-refractivity contribution in [2.24, 2.45) is 10.2 Å². The summed E-state index contributed by atoms with van der Waals surface area (Å²) in [6, 6.07) is 6.27. The highest BCUT2D eigenvalue weighted by Crippen LogP contribution is 2.45. The van der Waals surface area contributed by atoms with Gasteiger partial charge < -0.3 is 25.5 Å². The molecule has 0 aliphatic heterocycles. The predicted molar refractivity (Wildman–Crippen MR) is 70.7 cm³/mol. The summed E-state index contributed by atoms with van der Waals surface area (Å²) in [6.45, 7) is 0. The molecule has 0 atom stereocenters. The Hall–Kier alpha value is -3.29. The minimum atomic E-state index is -1.46.